The lowest BCUT2D eigenvalue weighted by molar-refractivity contribution is 0.0162. The first-order valence-electron chi connectivity index (χ1n) is 8.67. The molecule has 0 bridgehead atoms. The number of carbonyl (C=O) groups is 1. The van der Waals surface area contributed by atoms with Crippen molar-refractivity contribution in [3.63, 3.8) is 0 Å². The molecule has 1 unspecified atom stereocenters. The van der Waals surface area contributed by atoms with E-state index in [-0.39, 0.29) is 11.9 Å². The number of nitrogens with zero attached hydrogens (tertiary/aromatic N) is 1. The fourth-order valence-electron chi connectivity index (χ4n) is 3.13. The van der Waals surface area contributed by atoms with Crippen molar-refractivity contribution in [2.24, 2.45) is 0 Å². The van der Waals surface area contributed by atoms with E-state index in [0.717, 1.165) is 18.7 Å². The molecule has 26 heavy (non-hydrogen) atoms. The number of hydrogen-bond donors (Lipinski definition) is 1. The summed E-state index contributed by atoms with van der Waals surface area (Å²) in [5, 5.41) is 3.75. The zero-order chi connectivity index (χ0) is 18.4. The number of methoxy groups -OCH3 is 1. The molecule has 1 amide bonds. The summed E-state index contributed by atoms with van der Waals surface area (Å²) in [4.78, 5) is 14.9. The highest BCUT2D eigenvalue weighted by atomic mass is 35.5. The Morgan fingerprint density at radius 3 is 2.73 bits per heavy atom. The molecular formula is C20H23ClN2O3. The van der Waals surface area contributed by atoms with E-state index in [0.29, 0.717) is 36.1 Å². The largest absolute Gasteiger partial charge is 0.497 e. The number of nitrogens with one attached hydrogen (secondary N) is 1. The predicted molar refractivity (Wildman–Crippen MR) is 102 cm³/mol. The maximum absolute atomic E-state index is 12.6. The highest BCUT2D eigenvalue weighted by Gasteiger charge is 2.25. The molecule has 1 heterocycles. The van der Waals surface area contributed by atoms with Crippen LogP contribution in [0.2, 0.25) is 5.02 Å². The van der Waals surface area contributed by atoms with Gasteiger partial charge in [0.05, 0.1) is 26.4 Å². The second kappa shape index (κ2) is 9.03. The van der Waals surface area contributed by atoms with Crippen LogP contribution in [0, 0.1) is 0 Å². The predicted octanol–water partition coefficient (Wildman–Crippen LogP) is 3.15. The number of ether oxygens (including phenoxy) is 2. The van der Waals surface area contributed by atoms with Gasteiger partial charge in [-0.15, -0.1) is 0 Å². The molecule has 1 aliphatic rings. The Morgan fingerprint density at radius 1 is 1.23 bits per heavy atom. The van der Waals surface area contributed by atoms with E-state index in [4.69, 9.17) is 21.1 Å². The second-order valence-corrected chi connectivity index (χ2v) is 6.53. The van der Waals surface area contributed by atoms with Crippen LogP contribution in [0.15, 0.2) is 48.5 Å². The molecule has 1 aliphatic heterocycles. The van der Waals surface area contributed by atoms with Gasteiger partial charge in [-0.25, -0.2) is 0 Å². The van der Waals surface area contributed by atoms with Crippen molar-refractivity contribution in [3.05, 3.63) is 64.7 Å². The van der Waals surface area contributed by atoms with Crippen molar-refractivity contribution in [2.45, 2.75) is 6.04 Å². The SMILES string of the molecule is COc1cccc(C(=O)NCC(c2ccccc2Cl)N2CCOCC2)c1. The van der Waals surface area contributed by atoms with E-state index in [2.05, 4.69) is 10.2 Å². The molecular weight excluding hydrogens is 352 g/mol. The van der Waals surface area contributed by atoms with E-state index in [9.17, 15) is 4.79 Å². The molecule has 0 spiro atoms. The minimum Gasteiger partial charge on any atom is -0.497 e. The van der Waals surface area contributed by atoms with Crippen LogP contribution in [0.5, 0.6) is 5.75 Å². The first-order chi connectivity index (χ1) is 12.7. The van der Waals surface area contributed by atoms with Gasteiger partial charge in [-0.05, 0) is 29.8 Å². The lowest BCUT2D eigenvalue weighted by atomic mass is 10.0. The van der Waals surface area contributed by atoms with E-state index >= 15 is 0 Å². The summed E-state index contributed by atoms with van der Waals surface area (Å²) >= 11 is 6.42. The van der Waals surface area contributed by atoms with Crippen LogP contribution >= 0.6 is 11.6 Å². The highest BCUT2D eigenvalue weighted by molar-refractivity contribution is 6.31. The van der Waals surface area contributed by atoms with Gasteiger partial charge < -0.3 is 14.8 Å². The quantitative estimate of drug-likeness (QED) is 0.843. The first kappa shape index (κ1) is 18.7. The molecule has 0 aliphatic carbocycles. The summed E-state index contributed by atoms with van der Waals surface area (Å²) in [5.74, 6) is 0.530. The second-order valence-electron chi connectivity index (χ2n) is 6.13. The molecule has 3 rings (SSSR count). The molecule has 5 nitrogen and oxygen atoms in total. The van der Waals surface area contributed by atoms with Crippen molar-refractivity contribution in [3.8, 4) is 5.75 Å². The van der Waals surface area contributed by atoms with Crippen LogP contribution in [0.1, 0.15) is 22.0 Å². The van der Waals surface area contributed by atoms with Gasteiger partial charge in [0.15, 0.2) is 0 Å². The van der Waals surface area contributed by atoms with Crippen molar-refractivity contribution in [1.29, 1.82) is 0 Å². The summed E-state index contributed by atoms with van der Waals surface area (Å²) in [6.07, 6.45) is 0. The molecule has 2 aromatic carbocycles. The molecule has 0 radical (unpaired) electrons. The lowest BCUT2D eigenvalue weighted by Crippen LogP contribution is -2.44. The third-order valence-corrected chi connectivity index (χ3v) is 4.88. The standard InChI is InChI=1S/C20H23ClN2O3/c1-25-16-6-4-5-15(13-16)20(24)22-14-19(23-9-11-26-12-10-23)17-7-2-3-8-18(17)21/h2-8,13,19H,9-12,14H2,1H3,(H,22,24). The molecule has 1 saturated heterocycles. The fraction of sp³-hybridized carbons (Fsp3) is 0.350. The van der Waals surface area contributed by atoms with Crippen LogP contribution in [-0.4, -0.2) is 50.8 Å². The summed E-state index contributed by atoms with van der Waals surface area (Å²) in [6, 6.07) is 14.9. The van der Waals surface area contributed by atoms with E-state index in [1.54, 1.807) is 25.3 Å². The minimum absolute atomic E-state index is 0.00200. The Morgan fingerprint density at radius 2 is 2.00 bits per heavy atom. The zero-order valence-electron chi connectivity index (χ0n) is 14.8. The highest BCUT2D eigenvalue weighted by Crippen LogP contribution is 2.28. The smallest absolute Gasteiger partial charge is 0.251 e. The molecule has 2 aromatic rings. The number of benzene rings is 2. The average molecular weight is 375 g/mol. The van der Waals surface area contributed by atoms with Crippen LogP contribution in [-0.2, 0) is 4.74 Å². The van der Waals surface area contributed by atoms with Crippen molar-refractivity contribution in [2.75, 3.05) is 40.0 Å². The summed E-state index contributed by atoms with van der Waals surface area (Å²) in [5.41, 5.74) is 1.59. The average Bonchev–Trinajstić information content (AvgIpc) is 2.70. The molecule has 138 valence electrons. The molecule has 1 fully saturated rings. The first-order valence-corrected chi connectivity index (χ1v) is 9.05. The Hall–Kier alpha value is -2.08. The normalized spacial score (nSPS) is 16.1. The number of rotatable bonds is 6. The summed E-state index contributed by atoms with van der Waals surface area (Å²) < 4.78 is 10.7. The van der Waals surface area contributed by atoms with E-state index < -0.39 is 0 Å². The van der Waals surface area contributed by atoms with E-state index in [1.165, 1.54) is 0 Å². The van der Waals surface area contributed by atoms with Crippen LogP contribution in [0.3, 0.4) is 0 Å². The Labute approximate surface area is 158 Å². The monoisotopic (exact) mass is 374 g/mol. The number of halogens is 1. The number of hydrogen-bond acceptors (Lipinski definition) is 4. The van der Waals surface area contributed by atoms with Gasteiger partial charge in [-0.1, -0.05) is 35.9 Å². The van der Waals surface area contributed by atoms with E-state index in [1.807, 2.05) is 30.3 Å². The molecule has 1 N–H and O–H groups in total. The summed E-state index contributed by atoms with van der Waals surface area (Å²) in [6.45, 7) is 3.46. The van der Waals surface area contributed by atoms with Crippen molar-refractivity contribution < 1.29 is 14.3 Å². The van der Waals surface area contributed by atoms with Gasteiger partial charge >= 0.3 is 0 Å². The van der Waals surface area contributed by atoms with Crippen molar-refractivity contribution in [1.82, 2.24) is 10.2 Å². The van der Waals surface area contributed by atoms with Crippen molar-refractivity contribution >= 4 is 17.5 Å². The zero-order valence-corrected chi connectivity index (χ0v) is 15.5. The lowest BCUT2D eigenvalue weighted by Gasteiger charge is -2.35. The van der Waals surface area contributed by atoms with Gasteiger partial charge in [-0.2, -0.15) is 0 Å². The Kier molecular flexibility index (Phi) is 6.50. The Bertz CT molecular complexity index is 747. The molecule has 0 saturated carbocycles. The maximum Gasteiger partial charge on any atom is 0.251 e. The maximum atomic E-state index is 12.6. The van der Waals surface area contributed by atoms with Gasteiger partial charge in [0, 0.05) is 30.2 Å². The third-order valence-electron chi connectivity index (χ3n) is 4.54. The van der Waals surface area contributed by atoms with Gasteiger partial charge in [0.25, 0.3) is 5.91 Å². The number of amides is 1. The van der Waals surface area contributed by atoms with Gasteiger partial charge in [0.2, 0.25) is 0 Å². The minimum atomic E-state index is -0.130. The molecule has 1 atom stereocenters. The fourth-order valence-corrected chi connectivity index (χ4v) is 3.39. The Balaban J connectivity index is 1.75. The van der Waals surface area contributed by atoms with Gasteiger partial charge in [-0.3, -0.25) is 9.69 Å². The molecule has 0 aromatic heterocycles. The summed E-state index contributed by atoms with van der Waals surface area (Å²) in [7, 11) is 1.59. The third kappa shape index (κ3) is 4.55. The van der Waals surface area contributed by atoms with Crippen LogP contribution in [0.25, 0.3) is 0 Å². The topological polar surface area (TPSA) is 50.8 Å². The molecule has 6 heteroatoms. The number of carbonyl (C=O) groups excluding carboxylic acids is 1. The van der Waals surface area contributed by atoms with Crippen LogP contribution < -0.4 is 10.1 Å². The van der Waals surface area contributed by atoms with Gasteiger partial charge in [0.1, 0.15) is 5.75 Å². The van der Waals surface area contributed by atoms with Crippen LogP contribution in [0.4, 0.5) is 0 Å². The number of morpholine rings is 1.